The molecule has 1 aliphatic rings. The molecule has 0 spiro atoms. The Balaban J connectivity index is 1.43. The Morgan fingerprint density at radius 2 is 1.64 bits per heavy atom. The molecule has 0 aliphatic heterocycles. The van der Waals surface area contributed by atoms with E-state index in [9.17, 15) is 18.0 Å². The van der Waals surface area contributed by atoms with E-state index < -0.39 is 23.4 Å². The zero-order valence-corrected chi connectivity index (χ0v) is 19.9. The van der Waals surface area contributed by atoms with Gasteiger partial charge in [-0.25, -0.2) is 28.1 Å². The van der Waals surface area contributed by atoms with E-state index in [1.54, 1.807) is 24.5 Å². The van der Waals surface area contributed by atoms with Gasteiger partial charge in [0.1, 0.15) is 5.82 Å². The molecule has 0 radical (unpaired) electrons. The quantitative estimate of drug-likeness (QED) is 0.322. The predicted molar refractivity (Wildman–Crippen MR) is 131 cm³/mol. The zero-order valence-electron chi connectivity index (χ0n) is 19.1. The Bertz CT molecular complexity index is 1240. The number of hydrogen-bond acceptors (Lipinski definition) is 5. The number of aliphatic imine (C=N–C) groups is 1. The Morgan fingerprint density at radius 3 is 2.33 bits per heavy atom. The lowest BCUT2D eigenvalue weighted by atomic mass is 9.91. The monoisotopic (exact) mass is 516 g/mol. The fourth-order valence-electron chi connectivity index (χ4n) is 3.88. The van der Waals surface area contributed by atoms with Gasteiger partial charge in [-0.05, 0) is 67.6 Å². The molecule has 36 heavy (non-hydrogen) atoms. The van der Waals surface area contributed by atoms with Gasteiger partial charge in [0.2, 0.25) is 5.95 Å². The lowest BCUT2D eigenvalue weighted by Crippen LogP contribution is -2.48. The highest BCUT2D eigenvalue weighted by atomic mass is 35.5. The number of carbonyl (C=O) groups excluding carboxylic acids is 1. The maximum atomic E-state index is 13.6. The average Bonchev–Trinajstić information content (AvgIpc) is 2.88. The van der Waals surface area contributed by atoms with E-state index in [1.807, 2.05) is 0 Å². The largest absolute Gasteiger partial charge is 0.353 e. The topological polar surface area (TPSA) is 91.3 Å². The number of amides is 1. The van der Waals surface area contributed by atoms with E-state index in [0.717, 1.165) is 37.8 Å². The molecule has 0 atom stereocenters. The fourth-order valence-corrected chi connectivity index (χ4v) is 4.08. The van der Waals surface area contributed by atoms with Crippen molar-refractivity contribution >= 4 is 29.4 Å². The Labute approximate surface area is 211 Å². The van der Waals surface area contributed by atoms with Crippen LogP contribution < -0.4 is 16.0 Å². The number of benzene rings is 2. The standard InChI is InChI=1S/C25H24ClF3N6O/c26-19-12-15(2-8-20(19)27)14-32-25(35-23(36)16-3-9-21(28)22(29)13-16)34-18-6-4-17(5-7-18)33-24-30-10-1-11-31-24/h1-3,8-13,17-18H,4-7,14H2,(H,30,31,33)(H2,32,34,35,36). The average molecular weight is 517 g/mol. The highest BCUT2D eigenvalue weighted by Crippen LogP contribution is 2.21. The molecule has 188 valence electrons. The minimum atomic E-state index is -1.12. The van der Waals surface area contributed by atoms with Gasteiger partial charge in [-0.3, -0.25) is 10.1 Å². The van der Waals surface area contributed by atoms with E-state index in [4.69, 9.17) is 11.6 Å². The van der Waals surface area contributed by atoms with Gasteiger partial charge in [0, 0.05) is 30.0 Å². The molecule has 11 heteroatoms. The van der Waals surface area contributed by atoms with Crippen LogP contribution >= 0.6 is 11.6 Å². The van der Waals surface area contributed by atoms with Crippen LogP contribution in [0.3, 0.4) is 0 Å². The molecule has 1 heterocycles. The fraction of sp³-hybridized carbons (Fsp3) is 0.280. The summed E-state index contributed by atoms with van der Waals surface area (Å²) in [5.41, 5.74) is 0.586. The highest BCUT2D eigenvalue weighted by molar-refractivity contribution is 6.30. The first-order valence-electron chi connectivity index (χ1n) is 11.4. The molecule has 1 amide bonds. The molecule has 4 rings (SSSR count). The minimum absolute atomic E-state index is 0.0144. The number of anilines is 1. The molecule has 1 aromatic heterocycles. The number of rotatable bonds is 6. The van der Waals surface area contributed by atoms with E-state index in [0.29, 0.717) is 11.5 Å². The summed E-state index contributed by atoms with van der Waals surface area (Å²) in [7, 11) is 0. The van der Waals surface area contributed by atoms with E-state index in [2.05, 4.69) is 30.9 Å². The van der Waals surface area contributed by atoms with Crippen molar-refractivity contribution in [1.29, 1.82) is 0 Å². The molecular weight excluding hydrogens is 493 g/mol. The van der Waals surface area contributed by atoms with Crippen LogP contribution in [-0.2, 0) is 6.54 Å². The van der Waals surface area contributed by atoms with Gasteiger partial charge in [0.25, 0.3) is 5.91 Å². The van der Waals surface area contributed by atoms with Gasteiger partial charge in [0.05, 0.1) is 11.6 Å². The number of halogens is 4. The van der Waals surface area contributed by atoms with Crippen LogP contribution in [0, 0.1) is 17.5 Å². The molecule has 2 aromatic carbocycles. The van der Waals surface area contributed by atoms with Gasteiger partial charge in [-0.2, -0.15) is 0 Å². The summed E-state index contributed by atoms with van der Waals surface area (Å²) in [6.07, 6.45) is 6.60. The van der Waals surface area contributed by atoms with Crippen LogP contribution in [-0.4, -0.2) is 33.9 Å². The van der Waals surface area contributed by atoms with Crippen molar-refractivity contribution in [3.8, 4) is 0 Å². The Hall–Kier alpha value is -3.66. The summed E-state index contributed by atoms with van der Waals surface area (Å²) in [5, 5.41) is 9.17. The molecule has 0 saturated heterocycles. The van der Waals surface area contributed by atoms with Crippen LogP contribution in [0.4, 0.5) is 19.1 Å². The van der Waals surface area contributed by atoms with Crippen molar-refractivity contribution in [2.45, 2.75) is 44.3 Å². The number of guanidine groups is 1. The molecule has 0 bridgehead atoms. The molecule has 1 saturated carbocycles. The third-order valence-corrected chi connectivity index (χ3v) is 6.07. The van der Waals surface area contributed by atoms with Gasteiger partial charge >= 0.3 is 0 Å². The first-order valence-corrected chi connectivity index (χ1v) is 11.8. The SMILES string of the molecule is O=C(NC(=NCc1ccc(F)c(Cl)c1)NC1CCC(Nc2ncccn2)CC1)c1ccc(F)c(F)c1. The highest BCUT2D eigenvalue weighted by Gasteiger charge is 2.23. The summed E-state index contributed by atoms with van der Waals surface area (Å²) in [6, 6.07) is 9.12. The maximum Gasteiger partial charge on any atom is 0.258 e. The minimum Gasteiger partial charge on any atom is -0.353 e. The Kier molecular flexibility index (Phi) is 8.37. The molecule has 0 unspecified atom stereocenters. The molecule has 1 aliphatic carbocycles. The number of aromatic nitrogens is 2. The van der Waals surface area contributed by atoms with Gasteiger partial charge in [-0.1, -0.05) is 17.7 Å². The van der Waals surface area contributed by atoms with Crippen LogP contribution in [0.15, 0.2) is 59.9 Å². The second-order valence-electron chi connectivity index (χ2n) is 8.41. The maximum absolute atomic E-state index is 13.6. The van der Waals surface area contributed by atoms with Crippen LogP contribution in [0.25, 0.3) is 0 Å². The van der Waals surface area contributed by atoms with Gasteiger partial charge in [0.15, 0.2) is 17.6 Å². The van der Waals surface area contributed by atoms with E-state index >= 15 is 0 Å². The summed E-state index contributed by atoms with van der Waals surface area (Å²) in [5.74, 6) is -2.60. The number of carbonyl (C=O) groups is 1. The van der Waals surface area contributed by atoms with Crippen molar-refractivity contribution < 1.29 is 18.0 Å². The second-order valence-corrected chi connectivity index (χ2v) is 8.81. The second kappa shape index (κ2) is 11.9. The molecule has 3 N–H and O–H groups in total. The lowest BCUT2D eigenvalue weighted by Gasteiger charge is -2.30. The number of nitrogens with one attached hydrogen (secondary N) is 3. The molecule has 7 nitrogen and oxygen atoms in total. The van der Waals surface area contributed by atoms with Crippen molar-refractivity contribution in [3.63, 3.8) is 0 Å². The summed E-state index contributed by atoms with van der Waals surface area (Å²) in [4.78, 5) is 25.5. The van der Waals surface area contributed by atoms with Crippen molar-refractivity contribution in [2.24, 2.45) is 4.99 Å². The first kappa shape index (κ1) is 25.4. The smallest absolute Gasteiger partial charge is 0.258 e. The Morgan fingerprint density at radius 1 is 0.944 bits per heavy atom. The summed E-state index contributed by atoms with van der Waals surface area (Å²) in [6.45, 7) is 0.114. The lowest BCUT2D eigenvalue weighted by molar-refractivity contribution is 0.0974. The third-order valence-electron chi connectivity index (χ3n) is 5.78. The molecular formula is C25H24ClF3N6O. The van der Waals surface area contributed by atoms with Crippen molar-refractivity contribution in [1.82, 2.24) is 20.6 Å². The predicted octanol–water partition coefficient (Wildman–Crippen LogP) is 4.85. The molecule has 1 fully saturated rings. The zero-order chi connectivity index (χ0) is 25.5. The van der Waals surface area contributed by atoms with Gasteiger partial charge < -0.3 is 10.6 Å². The number of hydrogen-bond donors (Lipinski definition) is 3. The normalized spacial score (nSPS) is 17.9. The summed E-state index contributed by atoms with van der Waals surface area (Å²) >= 11 is 5.86. The van der Waals surface area contributed by atoms with E-state index in [-0.39, 0.29) is 35.2 Å². The van der Waals surface area contributed by atoms with Crippen LogP contribution in [0.1, 0.15) is 41.6 Å². The third kappa shape index (κ3) is 6.94. The number of nitrogens with zero attached hydrogens (tertiary/aromatic N) is 3. The van der Waals surface area contributed by atoms with Crippen LogP contribution in [0.5, 0.6) is 0 Å². The van der Waals surface area contributed by atoms with E-state index in [1.165, 1.54) is 18.2 Å². The molecule has 3 aromatic rings. The first-order chi connectivity index (χ1) is 17.4. The van der Waals surface area contributed by atoms with Gasteiger partial charge in [-0.15, -0.1) is 0 Å². The van der Waals surface area contributed by atoms with Crippen LogP contribution in [0.2, 0.25) is 5.02 Å². The summed E-state index contributed by atoms with van der Waals surface area (Å²) < 4.78 is 40.4. The van der Waals surface area contributed by atoms with Crippen molar-refractivity contribution in [3.05, 3.63) is 88.5 Å². The van der Waals surface area contributed by atoms with Crippen molar-refractivity contribution in [2.75, 3.05) is 5.32 Å².